The molecule has 1 saturated carbocycles. The number of likely N-dealkylation sites (tertiary alicyclic amines) is 1. The van der Waals surface area contributed by atoms with E-state index in [1.165, 1.54) is 3.97 Å². The SMILES string of the molecule is COc1nn(C)cc1-c1c(-c2ccc3c(cnn3C)c2)c2c3c(cnc2n1S(=O)(=O)c1ccccc1)COC31CCN(C2(CC#N)CCC2)CC1. The van der Waals surface area contributed by atoms with Gasteiger partial charge < -0.3 is 9.47 Å². The molecule has 13 heteroatoms. The monoisotopic (exact) mass is 702 g/mol. The minimum Gasteiger partial charge on any atom is -0.479 e. The van der Waals surface area contributed by atoms with Crippen molar-refractivity contribution in [3.8, 4) is 34.3 Å². The fourth-order valence-corrected chi connectivity index (χ4v) is 10.3. The highest BCUT2D eigenvalue weighted by molar-refractivity contribution is 7.90. The lowest BCUT2D eigenvalue weighted by Gasteiger charge is -2.53. The average molecular weight is 703 g/mol. The molecule has 2 aromatic carbocycles. The van der Waals surface area contributed by atoms with Crippen molar-refractivity contribution in [1.29, 1.82) is 5.26 Å². The summed E-state index contributed by atoms with van der Waals surface area (Å²) in [6.45, 7) is 1.95. The third-order valence-electron chi connectivity index (χ3n) is 11.5. The van der Waals surface area contributed by atoms with Crippen LogP contribution < -0.4 is 4.74 Å². The molecule has 1 spiro atoms. The molecule has 6 aromatic rings. The van der Waals surface area contributed by atoms with E-state index in [1.54, 1.807) is 61.6 Å². The second-order valence-corrected chi connectivity index (χ2v) is 15.9. The van der Waals surface area contributed by atoms with E-state index >= 15 is 8.42 Å². The van der Waals surface area contributed by atoms with Crippen molar-refractivity contribution in [2.24, 2.45) is 14.1 Å². The Morgan fingerprint density at radius 1 is 1.04 bits per heavy atom. The van der Waals surface area contributed by atoms with E-state index in [0.717, 1.165) is 83.7 Å². The Hall–Kier alpha value is -5.03. The van der Waals surface area contributed by atoms with Crippen LogP contribution in [0.1, 0.15) is 49.7 Å². The third kappa shape index (κ3) is 4.63. The molecule has 3 aliphatic rings. The minimum absolute atomic E-state index is 0.0627. The number of ether oxygens (including phenoxy) is 2. The topological polar surface area (TPSA) is 133 Å². The highest BCUT2D eigenvalue weighted by Crippen LogP contribution is 2.54. The molecule has 4 aromatic heterocycles. The predicted octanol–water partition coefficient (Wildman–Crippen LogP) is 5.89. The molecule has 0 bridgehead atoms. The van der Waals surface area contributed by atoms with Crippen molar-refractivity contribution in [3.05, 3.63) is 78.2 Å². The van der Waals surface area contributed by atoms with Crippen molar-refractivity contribution in [2.45, 2.75) is 61.2 Å². The molecular weight excluding hydrogens is 665 g/mol. The van der Waals surface area contributed by atoms with E-state index in [9.17, 15) is 5.26 Å². The lowest BCUT2D eigenvalue weighted by atomic mass is 9.71. The predicted molar refractivity (Wildman–Crippen MR) is 191 cm³/mol. The number of nitrogens with zero attached hydrogens (tertiary/aromatic N) is 8. The molecule has 2 aliphatic heterocycles. The summed E-state index contributed by atoms with van der Waals surface area (Å²) in [5.41, 5.74) is 4.99. The quantitative estimate of drug-likeness (QED) is 0.200. The summed E-state index contributed by atoms with van der Waals surface area (Å²) in [6, 6.07) is 17.0. The first kappa shape index (κ1) is 31.9. The summed E-state index contributed by atoms with van der Waals surface area (Å²) in [5, 5.41) is 20.4. The van der Waals surface area contributed by atoms with Crippen LogP contribution in [0.25, 0.3) is 44.3 Å². The van der Waals surface area contributed by atoms with Gasteiger partial charge in [0.1, 0.15) is 0 Å². The molecule has 51 heavy (non-hydrogen) atoms. The molecule has 0 unspecified atom stereocenters. The zero-order valence-electron chi connectivity index (χ0n) is 28.8. The molecule has 1 saturated heterocycles. The van der Waals surface area contributed by atoms with Crippen LogP contribution in [0, 0.1) is 11.3 Å². The van der Waals surface area contributed by atoms with Crippen molar-refractivity contribution < 1.29 is 17.9 Å². The van der Waals surface area contributed by atoms with Crippen molar-refractivity contribution in [2.75, 3.05) is 20.2 Å². The maximum Gasteiger partial charge on any atom is 0.269 e. The number of hydrogen-bond donors (Lipinski definition) is 0. The molecule has 12 nitrogen and oxygen atoms in total. The van der Waals surface area contributed by atoms with E-state index in [2.05, 4.69) is 27.2 Å². The number of piperidine rings is 1. The Bertz CT molecular complexity index is 2500. The van der Waals surface area contributed by atoms with Crippen LogP contribution in [0.5, 0.6) is 5.88 Å². The van der Waals surface area contributed by atoms with Crippen LogP contribution in [-0.4, -0.2) is 67.6 Å². The standard InChI is InChI=1S/C38H38N8O4S/c1-43-23-29(36(42-43)49-3)34-31(25-10-11-30-26(20-25)22-41-44(30)2)32-33-27(21-40-35(32)46(34)51(47,48)28-8-5-4-6-9-28)24-50-38(33)15-18-45(19-16-38)37(14-17-39)12-7-13-37/h4-6,8-11,20-23H,7,12-16,18-19,24H2,1-3H3. The average Bonchev–Trinajstić information content (AvgIpc) is 3.88. The fraction of sp³-hybridized carbons (Fsp3) is 0.368. The molecule has 0 N–H and O–H groups in total. The molecule has 2 fully saturated rings. The maximum absolute atomic E-state index is 15.0. The number of nitriles is 1. The van der Waals surface area contributed by atoms with Gasteiger partial charge in [-0.15, -0.1) is 5.10 Å². The Labute approximate surface area is 295 Å². The number of aryl methyl sites for hydroxylation is 2. The number of hydrogen-bond acceptors (Lipinski definition) is 9. The van der Waals surface area contributed by atoms with Gasteiger partial charge in [-0.3, -0.25) is 14.3 Å². The number of rotatable bonds is 7. The normalized spacial score (nSPS) is 18.2. The van der Waals surface area contributed by atoms with Gasteiger partial charge in [-0.05, 0) is 61.9 Å². The lowest BCUT2D eigenvalue weighted by molar-refractivity contribution is -0.106. The number of benzene rings is 2. The van der Waals surface area contributed by atoms with E-state index in [1.807, 2.05) is 30.1 Å². The molecule has 9 rings (SSSR count). The Kier molecular flexibility index (Phi) is 7.19. The second-order valence-electron chi connectivity index (χ2n) is 14.1. The van der Waals surface area contributed by atoms with Crippen LogP contribution in [0.3, 0.4) is 0 Å². The first-order chi connectivity index (χ1) is 24.7. The fourth-order valence-electron chi connectivity index (χ4n) is 8.81. The van der Waals surface area contributed by atoms with Crippen molar-refractivity contribution in [3.63, 3.8) is 0 Å². The molecule has 6 heterocycles. The third-order valence-corrected chi connectivity index (χ3v) is 13.2. The van der Waals surface area contributed by atoms with Crippen molar-refractivity contribution in [1.82, 2.24) is 33.4 Å². The van der Waals surface area contributed by atoms with Crippen LogP contribution in [0.2, 0.25) is 0 Å². The van der Waals surface area contributed by atoms with Gasteiger partial charge in [-0.25, -0.2) is 17.4 Å². The van der Waals surface area contributed by atoms with Crippen LogP contribution in [0.4, 0.5) is 0 Å². The molecule has 1 aliphatic carbocycles. The Morgan fingerprint density at radius 3 is 2.53 bits per heavy atom. The van der Waals surface area contributed by atoms with Crippen molar-refractivity contribution >= 4 is 32.0 Å². The summed E-state index contributed by atoms with van der Waals surface area (Å²) >= 11 is 0. The number of aromatic nitrogens is 6. The Balaban J connectivity index is 1.36. The van der Waals surface area contributed by atoms with E-state index in [0.29, 0.717) is 35.8 Å². The first-order valence-electron chi connectivity index (χ1n) is 17.3. The summed E-state index contributed by atoms with van der Waals surface area (Å²) in [6.07, 6.45) is 10.6. The van der Waals surface area contributed by atoms with Crippen LogP contribution in [0.15, 0.2) is 72.0 Å². The van der Waals surface area contributed by atoms with Gasteiger partial charge in [-0.2, -0.15) is 10.4 Å². The molecule has 0 amide bonds. The van der Waals surface area contributed by atoms with Gasteiger partial charge in [0.2, 0.25) is 5.88 Å². The van der Waals surface area contributed by atoms with Gasteiger partial charge in [-0.1, -0.05) is 24.3 Å². The van der Waals surface area contributed by atoms with Gasteiger partial charge >= 0.3 is 0 Å². The minimum atomic E-state index is -4.21. The molecule has 0 radical (unpaired) electrons. The summed E-state index contributed by atoms with van der Waals surface area (Å²) in [7, 11) is 1.03. The van der Waals surface area contributed by atoms with Gasteiger partial charge in [0, 0.05) is 72.6 Å². The first-order valence-corrected chi connectivity index (χ1v) is 18.8. The maximum atomic E-state index is 15.0. The highest BCUT2D eigenvalue weighted by Gasteiger charge is 2.51. The van der Waals surface area contributed by atoms with E-state index < -0.39 is 15.6 Å². The summed E-state index contributed by atoms with van der Waals surface area (Å²) < 4.78 is 47.5. The second kappa shape index (κ2) is 11.5. The molecule has 0 atom stereocenters. The number of methoxy groups -OCH3 is 1. The van der Waals surface area contributed by atoms with E-state index in [4.69, 9.17) is 14.5 Å². The lowest BCUT2D eigenvalue weighted by Crippen LogP contribution is -2.58. The molecular formula is C38H38N8O4S. The van der Waals surface area contributed by atoms with E-state index in [-0.39, 0.29) is 10.4 Å². The smallest absolute Gasteiger partial charge is 0.269 e. The van der Waals surface area contributed by atoms with Gasteiger partial charge in [0.25, 0.3) is 10.0 Å². The highest BCUT2D eigenvalue weighted by atomic mass is 32.2. The van der Waals surface area contributed by atoms with Gasteiger partial charge in [0.15, 0.2) is 5.65 Å². The summed E-state index contributed by atoms with van der Waals surface area (Å²) in [5.74, 6) is 0.299. The zero-order valence-corrected chi connectivity index (χ0v) is 29.7. The number of pyridine rings is 1. The summed E-state index contributed by atoms with van der Waals surface area (Å²) in [4.78, 5) is 7.60. The molecule has 260 valence electrons. The number of fused-ring (bicyclic) bond motifs is 5. The Morgan fingerprint density at radius 2 is 1.82 bits per heavy atom. The van der Waals surface area contributed by atoms with Crippen LogP contribution >= 0.6 is 0 Å². The van der Waals surface area contributed by atoms with Gasteiger partial charge in [0.05, 0.1) is 59.7 Å². The zero-order chi connectivity index (χ0) is 35.1. The largest absolute Gasteiger partial charge is 0.479 e. The van der Waals surface area contributed by atoms with Crippen LogP contribution in [-0.2, 0) is 41.1 Å².